The standard InChI is InChI=1S/C10H13N3O4S/c1-5(14)12-11-3-2-6-9(10(16)17)13-7(15)4-8(13)18-6/h8,11H,2-4H2,1H3,(H,12,14)(H,16,17)/t8-/m0/s1. The fourth-order valence-electron chi connectivity index (χ4n) is 1.87. The number of hydrogen-bond acceptors (Lipinski definition) is 5. The number of carbonyl (C=O) groups is 3. The molecule has 1 atom stereocenters. The van der Waals surface area contributed by atoms with Gasteiger partial charge in [0.05, 0.1) is 11.8 Å². The molecule has 7 nitrogen and oxygen atoms in total. The van der Waals surface area contributed by atoms with E-state index >= 15 is 0 Å². The van der Waals surface area contributed by atoms with Crippen molar-refractivity contribution in [3.05, 3.63) is 10.6 Å². The first-order chi connectivity index (χ1) is 8.50. The number of carboxylic acids is 1. The van der Waals surface area contributed by atoms with Gasteiger partial charge >= 0.3 is 5.97 Å². The molecule has 8 heteroatoms. The second-order valence-electron chi connectivity index (χ2n) is 3.98. The van der Waals surface area contributed by atoms with Crippen LogP contribution in [-0.4, -0.2) is 39.7 Å². The number of fused-ring (bicyclic) bond motifs is 1. The molecule has 0 spiro atoms. The van der Waals surface area contributed by atoms with Crippen molar-refractivity contribution >= 4 is 29.5 Å². The van der Waals surface area contributed by atoms with Crippen LogP contribution in [0.25, 0.3) is 0 Å². The third-order valence-electron chi connectivity index (χ3n) is 2.63. The average molecular weight is 271 g/mol. The number of thioether (sulfide) groups is 1. The van der Waals surface area contributed by atoms with Crippen molar-refractivity contribution in [1.82, 2.24) is 15.8 Å². The van der Waals surface area contributed by atoms with Crippen molar-refractivity contribution in [2.75, 3.05) is 6.54 Å². The molecule has 0 aromatic rings. The highest BCUT2D eigenvalue weighted by Crippen LogP contribution is 2.47. The number of hydrogen-bond donors (Lipinski definition) is 3. The molecule has 3 N–H and O–H groups in total. The molecule has 2 heterocycles. The quantitative estimate of drug-likeness (QED) is 0.358. The van der Waals surface area contributed by atoms with Gasteiger partial charge in [-0.15, -0.1) is 11.8 Å². The first-order valence-corrected chi connectivity index (χ1v) is 6.33. The Morgan fingerprint density at radius 2 is 2.28 bits per heavy atom. The van der Waals surface area contributed by atoms with Gasteiger partial charge in [-0.1, -0.05) is 0 Å². The number of β-lactam (4-membered cyclic amide) rings is 1. The van der Waals surface area contributed by atoms with Crippen molar-refractivity contribution in [2.24, 2.45) is 0 Å². The molecule has 18 heavy (non-hydrogen) atoms. The molecule has 1 fully saturated rings. The lowest BCUT2D eigenvalue weighted by atomic mass is 10.1. The Bertz CT molecular complexity index is 448. The molecule has 0 saturated carbocycles. The monoisotopic (exact) mass is 271 g/mol. The maximum atomic E-state index is 11.3. The second-order valence-corrected chi connectivity index (χ2v) is 5.25. The van der Waals surface area contributed by atoms with Gasteiger partial charge in [-0.25, -0.2) is 10.2 Å². The van der Waals surface area contributed by atoms with Crippen LogP contribution in [0.2, 0.25) is 0 Å². The number of rotatable bonds is 5. The zero-order valence-electron chi connectivity index (χ0n) is 9.73. The highest BCUT2D eigenvalue weighted by atomic mass is 32.2. The lowest BCUT2D eigenvalue weighted by Crippen LogP contribution is -2.48. The fourth-order valence-corrected chi connectivity index (χ4v) is 3.27. The minimum Gasteiger partial charge on any atom is -0.477 e. The van der Waals surface area contributed by atoms with Crippen molar-refractivity contribution in [2.45, 2.75) is 25.1 Å². The fraction of sp³-hybridized carbons (Fsp3) is 0.500. The van der Waals surface area contributed by atoms with Crippen LogP contribution >= 0.6 is 11.8 Å². The maximum absolute atomic E-state index is 11.3. The van der Waals surface area contributed by atoms with Gasteiger partial charge in [-0.05, 0) is 6.42 Å². The van der Waals surface area contributed by atoms with Crippen LogP contribution in [0.3, 0.4) is 0 Å². The van der Waals surface area contributed by atoms with Crippen LogP contribution < -0.4 is 10.9 Å². The van der Waals surface area contributed by atoms with Crippen LogP contribution in [0.5, 0.6) is 0 Å². The lowest BCUT2D eigenvalue weighted by Gasteiger charge is -2.33. The minimum absolute atomic E-state index is 0.0561. The van der Waals surface area contributed by atoms with Crippen molar-refractivity contribution in [1.29, 1.82) is 0 Å². The molecule has 2 aliphatic rings. The Morgan fingerprint density at radius 3 is 2.83 bits per heavy atom. The summed E-state index contributed by atoms with van der Waals surface area (Å²) in [5.41, 5.74) is 5.19. The van der Waals surface area contributed by atoms with Crippen molar-refractivity contribution in [3.63, 3.8) is 0 Å². The van der Waals surface area contributed by atoms with E-state index in [0.29, 0.717) is 24.3 Å². The van der Waals surface area contributed by atoms with Crippen LogP contribution in [0, 0.1) is 0 Å². The molecule has 2 aliphatic heterocycles. The first kappa shape index (κ1) is 12.9. The van der Waals surface area contributed by atoms with E-state index in [1.54, 1.807) is 0 Å². The molecule has 0 radical (unpaired) electrons. The maximum Gasteiger partial charge on any atom is 0.353 e. The number of carbonyl (C=O) groups excluding carboxylic acids is 2. The van der Waals surface area contributed by atoms with Crippen molar-refractivity contribution < 1.29 is 19.5 Å². The average Bonchev–Trinajstić information content (AvgIpc) is 2.57. The molecule has 0 aliphatic carbocycles. The Kier molecular flexibility index (Phi) is 3.58. The minimum atomic E-state index is -1.08. The number of hydrazine groups is 1. The molecule has 0 unspecified atom stereocenters. The van der Waals surface area contributed by atoms with Gasteiger partial charge in [0, 0.05) is 18.4 Å². The summed E-state index contributed by atoms with van der Waals surface area (Å²) in [5, 5.41) is 9.06. The van der Waals surface area contributed by atoms with E-state index < -0.39 is 5.97 Å². The van der Waals surface area contributed by atoms with Gasteiger partial charge < -0.3 is 5.11 Å². The van der Waals surface area contributed by atoms with Crippen LogP contribution in [0.1, 0.15) is 19.8 Å². The number of aliphatic carboxylic acids is 1. The summed E-state index contributed by atoms with van der Waals surface area (Å²) >= 11 is 1.41. The zero-order valence-corrected chi connectivity index (χ0v) is 10.5. The summed E-state index contributed by atoms with van der Waals surface area (Å²) in [4.78, 5) is 35.1. The summed E-state index contributed by atoms with van der Waals surface area (Å²) in [5.74, 6) is -1.43. The van der Waals surface area contributed by atoms with E-state index in [9.17, 15) is 14.4 Å². The molecule has 1 saturated heterocycles. The van der Waals surface area contributed by atoms with Crippen LogP contribution in [0.4, 0.5) is 0 Å². The van der Waals surface area contributed by atoms with E-state index in [-0.39, 0.29) is 22.9 Å². The molecule has 2 rings (SSSR count). The highest BCUT2D eigenvalue weighted by molar-refractivity contribution is 8.04. The van der Waals surface area contributed by atoms with Crippen LogP contribution in [-0.2, 0) is 14.4 Å². The summed E-state index contributed by atoms with van der Waals surface area (Å²) in [7, 11) is 0. The Morgan fingerprint density at radius 1 is 1.56 bits per heavy atom. The van der Waals surface area contributed by atoms with Gasteiger partial charge in [0.25, 0.3) is 0 Å². The number of nitrogens with one attached hydrogen (secondary N) is 2. The first-order valence-electron chi connectivity index (χ1n) is 5.45. The number of nitrogens with zero attached hydrogens (tertiary/aromatic N) is 1. The molecule has 0 aromatic carbocycles. The molecule has 0 bridgehead atoms. The van der Waals surface area contributed by atoms with Gasteiger partial charge in [-0.3, -0.25) is 19.9 Å². The Labute approximate surface area is 108 Å². The Hall–Kier alpha value is -1.54. The van der Waals surface area contributed by atoms with E-state index in [2.05, 4.69) is 10.9 Å². The van der Waals surface area contributed by atoms with Gasteiger partial charge in [0.1, 0.15) is 5.70 Å². The predicted octanol–water partition coefficient (Wildman–Crippen LogP) is -0.381. The van der Waals surface area contributed by atoms with Gasteiger partial charge in [0.2, 0.25) is 11.8 Å². The molecular formula is C10H13N3O4S. The van der Waals surface area contributed by atoms with E-state index in [1.165, 1.54) is 23.6 Å². The van der Waals surface area contributed by atoms with Crippen molar-refractivity contribution in [3.8, 4) is 0 Å². The normalized spacial score (nSPS) is 21.7. The largest absolute Gasteiger partial charge is 0.477 e. The van der Waals surface area contributed by atoms with E-state index in [1.807, 2.05) is 0 Å². The predicted molar refractivity (Wildman–Crippen MR) is 63.9 cm³/mol. The van der Waals surface area contributed by atoms with Gasteiger partial charge in [-0.2, -0.15) is 0 Å². The number of amides is 2. The SMILES string of the molecule is CC(=O)NNCCC1=C(C(=O)O)N2C(=O)C[C@@H]2S1. The molecule has 98 valence electrons. The summed E-state index contributed by atoms with van der Waals surface area (Å²) in [6.07, 6.45) is 0.858. The molecule has 2 amide bonds. The zero-order chi connectivity index (χ0) is 13.3. The second kappa shape index (κ2) is 4.99. The number of carboxylic acid groups (broad SMARTS) is 1. The lowest BCUT2D eigenvalue weighted by molar-refractivity contribution is -0.145. The summed E-state index contributed by atoms with van der Waals surface area (Å²) in [6.45, 7) is 1.80. The summed E-state index contributed by atoms with van der Waals surface area (Å²) < 4.78 is 0. The van der Waals surface area contributed by atoms with Gasteiger partial charge in [0.15, 0.2) is 0 Å². The third kappa shape index (κ3) is 2.34. The van der Waals surface area contributed by atoms with Crippen LogP contribution in [0.15, 0.2) is 10.6 Å². The highest BCUT2D eigenvalue weighted by Gasteiger charge is 2.47. The Balaban J connectivity index is 1.96. The van der Waals surface area contributed by atoms with E-state index in [4.69, 9.17) is 5.11 Å². The third-order valence-corrected chi connectivity index (χ3v) is 3.96. The van der Waals surface area contributed by atoms with E-state index in [0.717, 1.165) is 0 Å². The summed E-state index contributed by atoms with van der Waals surface area (Å²) in [6, 6.07) is 0. The topological polar surface area (TPSA) is 98.7 Å². The molecule has 0 aromatic heterocycles. The smallest absolute Gasteiger partial charge is 0.353 e. The molecular weight excluding hydrogens is 258 g/mol.